The highest BCUT2D eigenvalue weighted by Gasteiger charge is 2.20. The molecule has 0 saturated heterocycles. The third-order valence-electron chi connectivity index (χ3n) is 5.84. The van der Waals surface area contributed by atoms with Crippen LogP contribution >= 0.6 is 11.3 Å². The fourth-order valence-corrected chi connectivity index (χ4v) is 5.35. The van der Waals surface area contributed by atoms with Crippen molar-refractivity contribution < 1.29 is 4.79 Å². The first-order valence-corrected chi connectivity index (χ1v) is 11.9. The third-order valence-corrected chi connectivity index (χ3v) is 6.96. The summed E-state index contributed by atoms with van der Waals surface area (Å²) in [5.74, 6) is -0.147. The Morgan fingerprint density at radius 1 is 0.771 bits per heavy atom. The second kappa shape index (κ2) is 8.70. The Morgan fingerprint density at radius 3 is 2.09 bits per heavy atom. The number of rotatable bonds is 5. The van der Waals surface area contributed by atoms with E-state index in [1.807, 2.05) is 66.7 Å². The lowest BCUT2D eigenvalue weighted by Gasteiger charge is -2.09. The number of aromatic nitrogens is 4. The summed E-state index contributed by atoms with van der Waals surface area (Å²) in [7, 11) is 0. The summed E-state index contributed by atoms with van der Waals surface area (Å²) in [4.78, 5) is 29.9. The van der Waals surface area contributed by atoms with E-state index in [0.717, 1.165) is 31.8 Å². The van der Waals surface area contributed by atoms with Crippen LogP contribution in [-0.2, 0) is 6.54 Å². The van der Waals surface area contributed by atoms with Crippen molar-refractivity contribution in [3.8, 4) is 22.4 Å². The molecular weight excluding hydrogens is 456 g/mol. The Balaban J connectivity index is 1.55. The van der Waals surface area contributed by atoms with Crippen molar-refractivity contribution in [3.63, 3.8) is 0 Å². The van der Waals surface area contributed by atoms with Gasteiger partial charge in [0.05, 0.1) is 15.9 Å². The minimum Gasteiger partial charge on any atom is -0.292 e. The molecule has 7 heteroatoms. The topological polar surface area (TPSA) is 77.7 Å². The predicted molar refractivity (Wildman–Crippen MR) is 139 cm³/mol. The van der Waals surface area contributed by atoms with Gasteiger partial charge in [-0.15, -0.1) is 21.5 Å². The Hall–Kier alpha value is -4.49. The minimum atomic E-state index is -0.489. The van der Waals surface area contributed by atoms with E-state index in [2.05, 4.69) is 15.2 Å². The lowest BCUT2D eigenvalue weighted by atomic mass is 9.99. The molecular formula is C28H18N4O2S. The monoisotopic (exact) mass is 474 g/mol. The predicted octanol–water partition coefficient (Wildman–Crippen LogP) is 5.62. The first-order chi connectivity index (χ1) is 17.2. The molecule has 0 aliphatic rings. The summed E-state index contributed by atoms with van der Waals surface area (Å²) in [6, 6.07) is 28.9. The lowest BCUT2D eigenvalue weighted by Crippen LogP contribution is -2.25. The van der Waals surface area contributed by atoms with E-state index < -0.39 is 5.69 Å². The van der Waals surface area contributed by atoms with Crippen LogP contribution in [0, 0.1) is 0 Å². The van der Waals surface area contributed by atoms with Crippen molar-refractivity contribution in [2.45, 2.75) is 6.54 Å². The summed E-state index contributed by atoms with van der Waals surface area (Å²) in [6.07, 6.45) is 1.70. The van der Waals surface area contributed by atoms with Gasteiger partial charge in [0, 0.05) is 22.9 Å². The number of Topliss-reactive ketones (excluding diaryl/α,β-unsaturated/α-hetero) is 1. The van der Waals surface area contributed by atoms with E-state index in [9.17, 15) is 9.59 Å². The Morgan fingerprint density at radius 2 is 1.40 bits per heavy atom. The molecule has 3 aromatic heterocycles. The maximum atomic E-state index is 12.8. The fraction of sp³-hybridized carbons (Fsp3) is 0.0357. The SMILES string of the molecule is O=C(Cn1cc2sc3c(-c4ccccc4)c(-c4ccccc4)nnc3c2nc1=O)c1ccccc1. The number of carbonyl (C=O) groups is 1. The summed E-state index contributed by atoms with van der Waals surface area (Å²) >= 11 is 1.50. The molecule has 0 saturated carbocycles. The molecule has 3 heterocycles. The van der Waals surface area contributed by atoms with Crippen molar-refractivity contribution in [2.75, 3.05) is 0 Å². The fourth-order valence-electron chi connectivity index (χ4n) is 4.16. The van der Waals surface area contributed by atoms with Crippen molar-refractivity contribution in [2.24, 2.45) is 0 Å². The zero-order chi connectivity index (χ0) is 23.8. The third kappa shape index (κ3) is 3.82. The summed E-state index contributed by atoms with van der Waals surface area (Å²) < 4.78 is 3.04. The van der Waals surface area contributed by atoms with Crippen molar-refractivity contribution >= 4 is 37.6 Å². The molecule has 0 radical (unpaired) electrons. The van der Waals surface area contributed by atoms with Crippen LogP contribution in [0.25, 0.3) is 42.8 Å². The number of benzene rings is 3. The summed E-state index contributed by atoms with van der Waals surface area (Å²) in [5, 5.41) is 9.06. The van der Waals surface area contributed by atoms with Crippen LogP contribution in [0.1, 0.15) is 10.4 Å². The van der Waals surface area contributed by atoms with Gasteiger partial charge in [0.25, 0.3) is 0 Å². The normalized spacial score (nSPS) is 11.2. The lowest BCUT2D eigenvalue weighted by molar-refractivity contribution is 0.0970. The zero-order valence-electron chi connectivity index (χ0n) is 18.5. The molecule has 0 spiro atoms. The van der Waals surface area contributed by atoms with Crippen molar-refractivity contribution in [1.29, 1.82) is 0 Å². The van der Waals surface area contributed by atoms with Gasteiger partial charge in [0.1, 0.15) is 16.7 Å². The molecule has 0 aliphatic heterocycles. The van der Waals surface area contributed by atoms with Crippen LogP contribution in [0.3, 0.4) is 0 Å². The van der Waals surface area contributed by atoms with Gasteiger partial charge < -0.3 is 0 Å². The smallest absolute Gasteiger partial charge is 0.292 e. The van der Waals surface area contributed by atoms with Gasteiger partial charge in [-0.2, -0.15) is 4.98 Å². The largest absolute Gasteiger partial charge is 0.348 e. The average Bonchev–Trinajstić information content (AvgIpc) is 3.27. The van der Waals surface area contributed by atoms with E-state index >= 15 is 0 Å². The molecule has 3 aromatic carbocycles. The van der Waals surface area contributed by atoms with Crippen LogP contribution in [0.15, 0.2) is 102 Å². The van der Waals surface area contributed by atoms with Gasteiger partial charge in [0.15, 0.2) is 5.78 Å². The minimum absolute atomic E-state index is 0.0769. The van der Waals surface area contributed by atoms with Crippen molar-refractivity contribution in [3.05, 3.63) is 113 Å². The highest BCUT2D eigenvalue weighted by molar-refractivity contribution is 7.26. The van der Waals surface area contributed by atoms with Crippen LogP contribution in [0.2, 0.25) is 0 Å². The Labute approximate surface area is 204 Å². The number of fused-ring (bicyclic) bond motifs is 3. The average molecular weight is 475 g/mol. The van der Waals surface area contributed by atoms with Gasteiger partial charge in [-0.25, -0.2) is 4.79 Å². The maximum absolute atomic E-state index is 12.8. The van der Waals surface area contributed by atoms with E-state index in [0.29, 0.717) is 16.6 Å². The van der Waals surface area contributed by atoms with Gasteiger partial charge in [-0.3, -0.25) is 9.36 Å². The van der Waals surface area contributed by atoms with Gasteiger partial charge in [-0.1, -0.05) is 91.0 Å². The van der Waals surface area contributed by atoms with E-state index in [1.165, 1.54) is 15.9 Å². The van der Waals surface area contributed by atoms with E-state index in [-0.39, 0.29) is 12.3 Å². The van der Waals surface area contributed by atoms with Crippen LogP contribution in [-0.4, -0.2) is 25.5 Å². The highest BCUT2D eigenvalue weighted by atomic mass is 32.1. The first kappa shape index (κ1) is 21.1. The number of thiophene rings is 1. The summed E-state index contributed by atoms with van der Waals surface area (Å²) in [6.45, 7) is -0.0769. The molecule has 168 valence electrons. The standard InChI is InChI=1S/C28H18N4O2S/c33-21(18-10-4-1-5-11-18)16-32-17-22-25(29-28(32)34)26-27(35-22)23(19-12-6-2-7-13-19)24(30-31-26)20-14-8-3-9-15-20/h1-15,17H,16H2. The molecule has 0 atom stereocenters. The number of ketones is 1. The summed E-state index contributed by atoms with van der Waals surface area (Å²) in [5.41, 5.74) is 4.84. The van der Waals surface area contributed by atoms with E-state index in [1.54, 1.807) is 30.5 Å². The molecule has 6 aromatic rings. The van der Waals surface area contributed by atoms with E-state index in [4.69, 9.17) is 0 Å². The van der Waals surface area contributed by atoms with Gasteiger partial charge in [0.2, 0.25) is 0 Å². The molecule has 35 heavy (non-hydrogen) atoms. The highest BCUT2D eigenvalue weighted by Crippen LogP contribution is 2.41. The number of carbonyl (C=O) groups excluding carboxylic acids is 1. The number of hydrogen-bond donors (Lipinski definition) is 0. The second-order valence-corrected chi connectivity index (χ2v) is 9.14. The number of nitrogens with zero attached hydrogens (tertiary/aromatic N) is 4. The molecule has 0 aliphatic carbocycles. The van der Waals surface area contributed by atoms with Gasteiger partial charge in [-0.05, 0) is 5.56 Å². The molecule has 0 fully saturated rings. The molecule has 0 amide bonds. The maximum Gasteiger partial charge on any atom is 0.348 e. The van der Waals surface area contributed by atoms with Crippen LogP contribution in [0.4, 0.5) is 0 Å². The Bertz CT molecular complexity index is 1740. The second-order valence-electron chi connectivity index (χ2n) is 8.09. The zero-order valence-corrected chi connectivity index (χ0v) is 19.3. The van der Waals surface area contributed by atoms with Gasteiger partial charge >= 0.3 is 5.69 Å². The number of hydrogen-bond acceptors (Lipinski definition) is 6. The van der Waals surface area contributed by atoms with Crippen LogP contribution in [0.5, 0.6) is 0 Å². The van der Waals surface area contributed by atoms with Crippen molar-refractivity contribution in [1.82, 2.24) is 19.7 Å². The molecule has 0 bridgehead atoms. The van der Waals surface area contributed by atoms with Crippen LogP contribution < -0.4 is 5.69 Å². The molecule has 6 rings (SSSR count). The Kier molecular flexibility index (Phi) is 5.24. The molecule has 0 N–H and O–H groups in total. The molecule has 0 unspecified atom stereocenters. The molecule has 6 nitrogen and oxygen atoms in total. The quantitative estimate of drug-likeness (QED) is 0.303. The first-order valence-electron chi connectivity index (χ1n) is 11.1.